The van der Waals surface area contributed by atoms with Crippen LogP contribution in [0.1, 0.15) is 11.1 Å². The summed E-state index contributed by atoms with van der Waals surface area (Å²) < 4.78 is 1.92. The van der Waals surface area contributed by atoms with Crippen LogP contribution < -0.4 is 5.43 Å². The summed E-state index contributed by atoms with van der Waals surface area (Å²) >= 11 is 13.3. The molecule has 0 unspecified atom stereocenters. The SMILES string of the molecule is Cc1ccc(-n2c(SCC(=O)N/N=C\c3ccc(Cl)cc3Cl)nnc2-c2ccncc2)cc1. The van der Waals surface area contributed by atoms with Gasteiger partial charge >= 0.3 is 0 Å². The maximum Gasteiger partial charge on any atom is 0.250 e. The number of halogens is 2. The molecule has 0 fully saturated rings. The normalized spacial score (nSPS) is 11.1. The second kappa shape index (κ2) is 10.6. The fraction of sp³-hybridized carbons (Fsp3) is 0.0870. The van der Waals surface area contributed by atoms with Gasteiger partial charge in [-0.2, -0.15) is 5.10 Å². The number of aromatic nitrogens is 4. The highest BCUT2D eigenvalue weighted by Gasteiger charge is 2.17. The zero-order chi connectivity index (χ0) is 23.2. The molecule has 1 N–H and O–H groups in total. The van der Waals surface area contributed by atoms with E-state index in [0.29, 0.717) is 26.6 Å². The molecular formula is C23H18Cl2N6OS. The summed E-state index contributed by atoms with van der Waals surface area (Å²) in [6.07, 6.45) is 4.88. The van der Waals surface area contributed by atoms with E-state index in [2.05, 4.69) is 25.7 Å². The molecule has 4 rings (SSSR count). The Balaban J connectivity index is 1.49. The number of rotatable bonds is 7. The van der Waals surface area contributed by atoms with E-state index in [0.717, 1.165) is 16.8 Å². The smallest absolute Gasteiger partial charge is 0.250 e. The van der Waals surface area contributed by atoms with Gasteiger partial charge in [0.1, 0.15) is 0 Å². The van der Waals surface area contributed by atoms with E-state index in [9.17, 15) is 4.79 Å². The highest BCUT2D eigenvalue weighted by atomic mass is 35.5. The summed E-state index contributed by atoms with van der Waals surface area (Å²) in [5.41, 5.74) is 6.06. The van der Waals surface area contributed by atoms with Gasteiger partial charge in [-0.15, -0.1) is 10.2 Å². The first-order valence-electron chi connectivity index (χ1n) is 9.84. The van der Waals surface area contributed by atoms with Gasteiger partial charge in [0.25, 0.3) is 5.91 Å². The molecule has 0 saturated heterocycles. The summed E-state index contributed by atoms with van der Waals surface area (Å²) in [7, 11) is 0. The molecule has 33 heavy (non-hydrogen) atoms. The van der Waals surface area contributed by atoms with Crippen molar-refractivity contribution >= 4 is 47.1 Å². The predicted octanol–water partition coefficient (Wildman–Crippen LogP) is 5.19. The van der Waals surface area contributed by atoms with Gasteiger partial charge in [-0.1, -0.05) is 58.7 Å². The Morgan fingerprint density at radius 2 is 1.85 bits per heavy atom. The lowest BCUT2D eigenvalue weighted by Crippen LogP contribution is -2.20. The van der Waals surface area contributed by atoms with Gasteiger partial charge in [-0.25, -0.2) is 5.43 Å². The number of hydrazone groups is 1. The standard InChI is InChI=1S/C23H18Cl2N6OS/c1-15-2-6-19(7-3-15)31-22(16-8-10-26-11-9-16)29-30-23(31)33-14-21(32)28-27-13-17-4-5-18(24)12-20(17)25/h2-13H,14H2,1H3,(H,28,32)/b27-13-. The lowest BCUT2D eigenvalue weighted by Gasteiger charge is -2.10. The fourth-order valence-corrected chi connectivity index (χ4v) is 4.12. The molecule has 2 heterocycles. The Morgan fingerprint density at radius 3 is 2.58 bits per heavy atom. The summed E-state index contributed by atoms with van der Waals surface area (Å²) in [4.78, 5) is 16.4. The molecule has 0 bridgehead atoms. The molecule has 0 saturated carbocycles. The maximum absolute atomic E-state index is 12.3. The largest absolute Gasteiger partial charge is 0.272 e. The Labute approximate surface area is 204 Å². The van der Waals surface area contributed by atoms with Crippen LogP contribution in [0.25, 0.3) is 17.1 Å². The van der Waals surface area contributed by atoms with Gasteiger partial charge in [0.15, 0.2) is 11.0 Å². The van der Waals surface area contributed by atoms with Crippen LogP contribution in [0.2, 0.25) is 10.0 Å². The Kier molecular flexibility index (Phi) is 7.39. The molecular weight excluding hydrogens is 479 g/mol. The van der Waals surface area contributed by atoms with Crippen LogP contribution >= 0.6 is 35.0 Å². The Bertz CT molecular complexity index is 1290. The molecule has 10 heteroatoms. The third-order valence-corrected chi connectivity index (χ3v) is 6.04. The zero-order valence-corrected chi connectivity index (χ0v) is 19.8. The summed E-state index contributed by atoms with van der Waals surface area (Å²) in [6.45, 7) is 2.03. The molecule has 7 nitrogen and oxygen atoms in total. The van der Waals surface area contributed by atoms with Crippen LogP contribution in [0.3, 0.4) is 0 Å². The van der Waals surface area contributed by atoms with Crippen LogP contribution in [0.5, 0.6) is 0 Å². The van der Waals surface area contributed by atoms with E-state index < -0.39 is 0 Å². The lowest BCUT2D eigenvalue weighted by molar-refractivity contribution is -0.118. The van der Waals surface area contributed by atoms with Crippen LogP contribution in [-0.4, -0.2) is 37.6 Å². The topological polar surface area (TPSA) is 85.1 Å². The number of benzene rings is 2. The van der Waals surface area contributed by atoms with E-state index in [4.69, 9.17) is 23.2 Å². The first-order valence-corrected chi connectivity index (χ1v) is 11.6. The fourth-order valence-electron chi connectivity index (χ4n) is 2.92. The zero-order valence-electron chi connectivity index (χ0n) is 17.4. The summed E-state index contributed by atoms with van der Waals surface area (Å²) in [5.74, 6) is 0.483. The van der Waals surface area contributed by atoms with Crippen molar-refractivity contribution in [2.75, 3.05) is 5.75 Å². The number of aryl methyl sites for hydroxylation is 1. The van der Waals surface area contributed by atoms with Gasteiger partial charge in [-0.3, -0.25) is 14.3 Å². The molecule has 0 aliphatic rings. The van der Waals surface area contributed by atoms with Crippen molar-refractivity contribution in [3.05, 3.63) is 88.2 Å². The Hall–Kier alpha value is -3.20. The van der Waals surface area contributed by atoms with E-state index in [1.54, 1.807) is 30.6 Å². The highest BCUT2D eigenvalue weighted by molar-refractivity contribution is 7.99. The van der Waals surface area contributed by atoms with Gasteiger partial charge < -0.3 is 0 Å². The second-order valence-electron chi connectivity index (χ2n) is 6.96. The number of hydrogen-bond acceptors (Lipinski definition) is 6. The minimum Gasteiger partial charge on any atom is -0.272 e. The van der Waals surface area contributed by atoms with E-state index in [1.165, 1.54) is 18.0 Å². The van der Waals surface area contributed by atoms with Gasteiger partial charge in [0.05, 0.1) is 17.0 Å². The molecule has 0 aliphatic heterocycles. The summed E-state index contributed by atoms with van der Waals surface area (Å²) in [6, 6.07) is 16.8. The van der Waals surface area contributed by atoms with Crippen molar-refractivity contribution in [3.63, 3.8) is 0 Å². The number of thioether (sulfide) groups is 1. The highest BCUT2D eigenvalue weighted by Crippen LogP contribution is 2.28. The average Bonchev–Trinajstić information content (AvgIpc) is 3.24. The molecule has 2 aromatic heterocycles. The molecule has 0 radical (unpaired) electrons. The Morgan fingerprint density at radius 1 is 1.09 bits per heavy atom. The van der Waals surface area contributed by atoms with Crippen molar-refractivity contribution in [1.82, 2.24) is 25.2 Å². The predicted molar refractivity (Wildman–Crippen MR) is 132 cm³/mol. The van der Waals surface area contributed by atoms with Gasteiger partial charge in [0.2, 0.25) is 0 Å². The van der Waals surface area contributed by atoms with Crippen molar-refractivity contribution < 1.29 is 4.79 Å². The van der Waals surface area contributed by atoms with Crippen LogP contribution in [0, 0.1) is 6.92 Å². The molecule has 0 atom stereocenters. The first kappa shape index (κ1) is 23.0. The van der Waals surface area contributed by atoms with E-state index >= 15 is 0 Å². The molecule has 2 aromatic carbocycles. The average molecular weight is 497 g/mol. The third kappa shape index (κ3) is 5.78. The quantitative estimate of drug-likeness (QED) is 0.216. The molecule has 166 valence electrons. The number of hydrogen-bond donors (Lipinski definition) is 1. The monoisotopic (exact) mass is 496 g/mol. The first-order chi connectivity index (χ1) is 16.0. The maximum atomic E-state index is 12.3. The molecule has 0 spiro atoms. The van der Waals surface area contributed by atoms with Gasteiger partial charge in [-0.05, 0) is 43.3 Å². The minimum atomic E-state index is -0.287. The van der Waals surface area contributed by atoms with Crippen molar-refractivity contribution in [2.45, 2.75) is 12.1 Å². The van der Waals surface area contributed by atoms with E-state index in [1.807, 2.05) is 47.9 Å². The minimum absolute atomic E-state index is 0.103. The molecule has 1 amide bonds. The van der Waals surface area contributed by atoms with Crippen molar-refractivity contribution in [3.8, 4) is 17.1 Å². The number of pyridine rings is 1. The van der Waals surface area contributed by atoms with Crippen LogP contribution in [-0.2, 0) is 4.79 Å². The number of carbonyl (C=O) groups excluding carboxylic acids is 1. The molecule has 4 aromatic rings. The van der Waals surface area contributed by atoms with Crippen LogP contribution in [0.4, 0.5) is 0 Å². The second-order valence-corrected chi connectivity index (χ2v) is 8.75. The van der Waals surface area contributed by atoms with Crippen molar-refractivity contribution in [2.24, 2.45) is 5.10 Å². The van der Waals surface area contributed by atoms with Crippen molar-refractivity contribution in [1.29, 1.82) is 0 Å². The van der Waals surface area contributed by atoms with Crippen LogP contribution in [0.15, 0.2) is 77.2 Å². The summed E-state index contributed by atoms with van der Waals surface area (Å²) in [5, 5.41) is 14.2. The molecule has 0 aliphatic carbocycles. The third-order valence-electron chi connectivity index (χ3n) is 4.55. The number of amides is 1. The number of carbonyl (C=O) groups is 1. The number of nitrogens with one attached hydrogen (secondary N) is 1. The van der Waals surface area contributed by atoms with E-state index in [-0.39, 0.29) is 11.7 Å². The number of nitrogens with zero attached hydrogens (tertiary/aromatic N) is 5. The van der Waals surface area contributed by atoms with Gasteiger partial charge in [0, 0.05) is 34.2 Å². The lowest BCUT2D eigenvalue weighted by atomic mass is 10.2.